The van der Waals surface area contributed by atoms with Gasteiger partial charge in [-0.25, -0.2) is 4.39 Å². The molecular formula is C7H10ClF. The van der Waals surface area contributed by atoms with Crippen molar-refractivity contribution >= 4 is 11.6 Å². The Kier molecular flexibility index (Phi) is 1.08. The highest BCUT2D eigenvalue weighted by Gasteiger charge is 2.65. The largest absolute Gasteiger partial charge is 0.226 e. The molecule has 0 heterocycles. The van der Waals surface area contributed by atoms with E-state index in [0.29, 0.717) is 0 Å². The molecule has 2 rings (SSSR count). The van der Waals surface area contributed by atoms with E-state index in [1.54, 1.807) is 0 Å². The van der Waals surface area contributed by atoms with Crippen LogP contribution in [0.4, 0.5) is 4.39 Å². The first-order valence-corrected chi connectivity index (χ1v) is 3.98. The van der Waals surface area contributed by atoms with Crippen molar-refractivity contribution in [3.8, 4) is 0 Å². The zero-order valence-electron chi connectivity index (χ0n) is 5.24. The lowest BCUT2D eigenvalue weighted by Gasteiger charge is -2.03. The van der Waals surface area contributed by atoms with Crippen molar-refractivity contribution in [2.24, 2.45) is 11.8 Å². The maximum atomic E-state index is 12.9. The minimum Gasteiger partial charge on any atom is -0.226 e. The summed E-state index contributed by atoms with van der Waals surface area (Å²) < 4.78 is 12.9. The quantitative estimate of drug-likeness (QED) is 0.464. The van der Waals surface area contributed by atoms with Crippen molar-refractivity contribution in [2.45, 2.75) is 30.8 Å². The fourth-order valence-electron chi connectivity index (χ4n) is 1.98. The molecular weight excluding hydrogens is 139 g/mol. The molecule has 0 N–H and O–H groups in total. The van der Waals surface area contributed by atoms with E-state index in [2.05, 4.69) is 0 Å². The first-order chi connectivity index (χ1) is 4.23. The van der Waals surface area contributed by atoms with Crippen LogP contribution in [0.1, 0.15) is 25.7 Å². The fourth-order valence-corrected chi connectivity index (χ4v) is 2.44. The number of hydrogen-bond donors (Lipinski definition) is 0. The number of halogens is 2. The second-order valence-electron chi connectivity index (χ2n) is 3.17. The van der Waals surface area contributed by atoms with Gasteiger partial charge in [-0.3, -0.25) is 0 Å². The molecule has 0 aliphatic heterocycles. The Morgan fingerprint density at radius 1 is 1.22 bits per heavy atom. The minimum atomic E-state index is -1.28. The van der Waals surface area contributed by atoms with Gasteiger partial charge in [-0.2, -0.15) is 0 Å². The molecule has 2 heteroatoms. The van der Waals surface area contributed by atoms with Crippen molar-refractivity contribution in [3.63, 3.8) is 0 Å². The van der Waals surface area contributed by atoms with E-state index in [4.69, 9.17) is 11.6 Å². The second-order valence-corrected chi connectivity index (χ2v) is 3.75. The molecule has 0 aromatic heterocycles. The van der Waals surface area contributed by atoms with Crippen LogP contribution >= 0.6 is 11.6 Å². The number of rotatable bonds is 0. The Labute approximate surface area is 59.4 Å². The summed E-state index contributed by atoms with van der Waals surface area (Å²) in [6, 6.07) is 0. The molecule has 0 nitrogen and oxygen atoms in total. The van der Waals surface area contributed by atoms with E-state index in [9.17, 15) is 4.39 Å². The maximum Gasteiger partial charge on any atom is 0.190 e. The Hall–Kier alpha value is 0.220. The van der Waals surface area contributed by atoms with Gasteiger partial charge in [-0.05, 0) is 12.8 Å². The van der Waals surface area contributed by atoms with Crippen LogP contribution in [0.5, 0.6) is 0 Å². The van der Waals surface area contributed by atoms with Crippen LogP contribution < -0.4 is 0 Å². The minimum absolute atomic E-state index is 0.216. The second kappa shape index (κ2) is 1.63. The normalized spacial score (nSPS) is 56.7. The molecule has 2 atom stereocenters. The summed E-state index contributed by atoms with van der Waals surface area (Å²) in [6.07, 6.45) is 4.40. The summed E-state index contributed by atoms with van der Waals surface area (Å²) in [6.45, 7) is 0. The lowest BCUT2D eigenvalue weighted by Crippen LogP contribution is -1.91. The molecule has 0 aromatic carbocycles. The van der Waals surface area contributed by atoms with Crippen LogP contribution in [-0.4, -0.2) is 5.13 Å². The van der Waals surface area contributed by atoms with Gasteiger partial charge in [0.15, 0.2) is 5.13 Å². The Bertz CT molecular complexity index is 119. The average Bonchev–Trinajstić information content (AvgIpc) is 2.39. The fraction of sp³-hybridized carbons (Fsp3) is 1.00. The van der Waals surface area contributed by atoms with Crippen molar-refractivity contribution in [1.82, 2.24) is 0 Å². The summed E-state index contributed by atoms with van der Waals surface area (Å²) >= 11 is 5.55. The highest BCUT2D eigenvalue weighted by Crippen LogP contribution is 2.63. The SMILES string of the molecule is FC1(Cl)[C@@H]2CCCC[C@H]21. The molecule has 2 saturated carbocycles. The van der Waals surface area contributed by atoms with Gasteiger partial charge in [0.2, 0.25) is 0 Å². The van der Waals surface area contributed by atoms with Crippen molar-refractivity contribution in [3.05, 3.63) is 0 Å². The molecule has 0 aromatic rings. The van der Waals surface area contributed by atoms with Gasteiger partial charge in [0.05, 0.1) is 0 Å². The maximum absolute atomic E-state index is 12.9. The molecule has 0 saturated heterocycles. The summed E-state index contributed by atoms with van der Waals surface area (Å²) in [7, 11) is 0. The van der Waals surface area contributed by atoms with Gasteiger partial charge in [-0.15, -0.1) is 0 Å². The number of alkyl halides is 2. The molecule has 0 radical (unpaired) electrons. The van der Waals surface area contributed by atoms with Crippen LogP contribution in [-0.2, 0) is 0 Å². The Morgan fingerprint density at radius 2 is 1.67 bits per heavy atom. The van der Waals surface area contributed by atoms with Crippen LogP contribution in [0.2, 0.25) is 0 Å². The number of hydrogen-bond acceptors (Lipinski definition) is 0. The first kappa shape index (κ1) is 5.96. The zero-order valence-corrected chi connectivity index (χ0v) is 5.99. The molecule has 2 aliphatic rings. The molecule has 0 unspecified atom stereocenters. The van der Waals surface area contributed by atoms with Crippen molar-refractivity contribution in [2.75, 3.05) is 0 Å². The van der Waals surface area contributed by atoms with Gasteiger partial charge < -0.3 is 0 Å². The summed E-state index contributed by atoms with van der Waals surface area (Å²) in [5.74, 6) is 0.431. The lowest BCUT2D eigenvalue weighted by molar-refractivity contribution is 0.379. The van der Waals surface area contributed by atoms with E-state index in [1.165, 1.54) is 12.8 Å². The monoisotopic (exact) mass is 148 g/mol. The smallest absolute Gasteiger partial charge is 0.190 e. The first-order valence-electron chi connectivity index (χ1n) is 3.61. The summed E-state index contributed by atoms with van der Waals surface area (Å²) in [4.78, 5) is 0. The Morgan fingerprint density at radius 3 is 2.00 bits per heavy atom. The standard InChI is InChI=1S/C7H10ClF/c8-7(9)5-3-1-2-4-6(5)7/h5-6H,1-4H2/t5-,6-/m1/s1. The zero-order chi connectivity index (χ0) is 6.48. The highest BCUT2D eigenvalue weighted by atomic mass is 35.5. The third kappa shape index (κ3) is 0.706. The molecule has 2 fully saturated rings. The molecule has 0 amide bonds. The molecule has 0 bridgehead atoms. The van der Waals surface area contributed by atoms with Crippen LogP contribution in [0.25, 0.3) is 0 Å². The highest BCUT2D eigenvalue weighted by molar-refractivity contribution is 6.25. The van der Waals surface area contributed by atoms with Crippen LogP contribution in [0, 0.1) is 11.8 Å². The summed E-state index contributed by atoms with van der Waals surface area (Å²) in [5.41, 5.74) is 0. The average molecular weight is 149 g/mol. The molecule has 2 aliphatic carbocycles. The van der Waals surface area contributed by atoms with Crippen molar-refractivity contribution < 1.29 is 4.39 Å². The molecule has 0 spiro atoms. The van der Waals surface area contributed by atoms with Gasteiger partial charge >= 0.3 is 0 Å². The Balaban J connectivity index is 2.06. The third-order valence-corrected chi connectivity index (χ3v) is 3.21. The van der Waals surface area contributed by atoms with Crippen LogP contribution in [0.15, 0.2) is 0 Å². The lowest BCUT2D eigenvalue weighted by atomic mass is 10.0. The van der Waals surface area contributed by atoms with E-state index in [1.807, 2.05) is 0 Å². The van der Waals surface area contributed by atoms with Crippen LogP contribution in [0.3, 0.4) is 0 Å². The van der Waals surface area contributed by atoms with E-state index in [0.717, 1.165) is 12.8 Å². The number of fused-ring (bicyclic) bond motifs is 1. The topological polar surface area (TPSA) is 0 Å². The third-order valence-electron chi connectivity index (χ3n) is 2.65. The van der Waals surface area contributed by atoms with Crippen molar-refractivity contribution in [1.29, 1.82) is 0 Å². The van der Waals surface area contributed by atoms with E-state index in [-0.39, 0.29) is 11.8 Å². The molecule has 9 heavy (non-hydrogen) atoms. The summed E-state index contributed by atoms with van der Waals surface area (Å²) in [5, 5.41) is -1.28. The predicted octanol–water partition coefficient (Wildman–Crippen LogP) is 2.71. The van der Waals surface area contributed by atoms with Gasteiger partial charge in [-0.1, -0.05) is 24.4 Å². The van der Waals surface area contributed by atoms with E-state index >= 15 is 0 Å². The van der Waals surface area contributed by atoms with Gasteiger partial charge in [0.25, 0.3) is 0 Å². The van der Waals surface area contributed by atoms with Gasteiger partial charge in [0.1, 0.15) is 0 Å². The van der Waals surface area contributed by atoms with Gasteiger partial charge in [0, 0.05) is 11.8 Å². The molecule has 52 valence electrons. The van der Waals surface area contributed by atoms with E-state index < -0.39 is 5.13 Å². The predicted molar refractivity (Wildman–Crippen MR) is 35.1 cm³/mol.